The summed E-state index contributed by atoms with van der Waals surface area (Å²) in [4.78, 5) is 26.2. The Bertz CT molecular complexity index is 1080. The molecule has 1 heterocycles. The van der Waals surface area contributed by atoms with E-state index in [1.807, 2.05) is 95.3 Å². The van der Waals surface area contributed by atoms with Crippen LogP contribution in [0.15, 0.2) is 60.7 Å². The summed E-state index contributed by atoms with van der Waals surface area (Å²) in [5.41, 5.74) is 12.0. The highest BCUT2D eigenvalue weighted by Crippen LogP contribution is 2.21. The van der Waals surface area contributed by atoms with E-state index in [1.54, 1.807) is 0 Å². The Morgan fingerprint density at radius 2 is 1.38 bits per heavy atom. The molecule has 1 aliphatic rings. The van der Waals surface area contributed by atoms with E-state index in [4.69, 9.17) is 5.73 Å². The van der Waals surface area contributed by atoms with Gasteiger partial charge >= 0.3 is 0 Å². The molecular weight excluding hydrogens is 498 g/mol. The molecule has 1 saturated carbocycles. The number of pyridine rings is 1. The summed E-state index contributed by atoms with van der Waals surface area (Å²) in [6.45, 7) is 11.8. The summed E-state index contributed by atoms with van der Waals surface area (Å²) in [5.74, 6) is -0.118. The van der Waals surface area contributed by atoms with Gasteiger partial charge in [0.1, 0.15) is 0 Å². The zero-order valence-electron chi connectivity index (χ0n) is 25.1. The van der Waals surface area contributed by atoms with E-state index >= 15 is 0 Å². The van der Waals surface area contributed by atoms with Gasteiger partial charge in [-0.1, -0.05) is 76.6 Å². The summed E-state index contributed by atoms with van der Waals surface area (Å²) in [6.07, 6.45) is 9.68. The Morgan fingerprint density at radius 1 is 0.850 bits per heavy atom. The van der Waals surface area contributed by atoms with E-state index < -0.39 is 0 Å². The van der Waals surface area contributed by atoms with Gasteiger partial charge in [-0.2, -0.15) is 0 Å². The number of carbonyl (C=O) groups is 2. The average molecular weight is 548 g/mol. The monoisotopic (exact) mass is 547 g/mol. The number of carbonyl (C=O) groups excluding carboxylic acids is 2. The Labute approximate surface area is 241 Å². The van der Waals surface area contributed by atoms with Gasteiger partial charge in [0.2, 0.25) is 6.41 Å². The largest absolute Gasteiger partial charge is 0.399 e. The molecule has 5 N–H and O–H groups in total. The maximum Gasteiger partial charge on any atom is 0.251 e. The van der Waals surface area contributed by atoms with Crippen LogP contribution >= 0.6 is 0 Å². The van der Waals surface area contributed by atoms with Gasteiger partial charge in [0.25, 0.3) is 5.91 Å². The number of amides is 2. The van der Waals surface area contributed by atoms with Gasteiger partial charge in [-0.25, -0.2) is 0 Å². The third kappa shape index (κ3) is 13.8. The molecule has 2 amide bonds. The first kappa shape index (κ1) is 34.2. The van der Waals surface area contributed by atoms with Crippen LogP contribution < -0.4 is 21.7 Å². The number of anilines is 2. The highest BCUT2D eigenvalue weighted by molar-refractivity contribution is 5.94. The smallest absolute Gasteiger partial charge is 0.251 e. The molecule has 0 bridgehead atoms. The van der Waals surface area contributed by atoms with Gasteiger partial charge in [-0.05, 0) is 68.3 Å². The van der Waals surface area contributed by atoms with Gasteiger partial charge in [0, 0.05) is 35.7 Å². The number of hydrogen-bond acceptors (Lipinski definition) is 5. The van der Waals surface area contributed by atoms with Crippen LogP contribution in [-0.2, 0) is 11.3 Å². The molecule has 7 nitrogen and oxygen atoms in total. The van der Waals surface area contributed by atoms with Crippen LogP contribution in [0.2, 0.25) is 0 Å². The van der Waals surface area contributed by atoms with Crippen molar-refractivity contribution in [3.8, 4) is 11.1 Å². The highest BCUT2D eigenvalue weighted by Gasteiger charge is 2.07. The Hall–Kier alpha value is -3.87. The van der Waals surface area contributed by atoms with Crippen LogP contribution in [0.1, 0.15) is 88.0 Å². The number of rotatable bonds is 8. The average Bonchev–Trinajstić information content (AvgIpc) is 2.99. The number of nitrogens with one attached hydrogen (secondary N) is 3. The fourth-order valence-electron chi connectivity index (χ4n) is 4.04. The predicted molar refractivity (Wildman–Crippen MR) is 169 cm³/mol. The van der Waals surface area contributed by atoms with Crippen molar-refractivity contribution in [2.45, 2.75) is 79.7 Å². The first-order chi connectivity index (χ1) is 19.5. The first-order valence-corrected chi connectivity index (χ1v) is 14.6. The molecule has 7 heteroatoms. The van der Waals surface area contributed by atoms with Crippen LogP contribution in [0, 0.1) is 6.92 Å². The van der Waals surface area contributed by atoms with Crippen molar-refractivity contribution in [3.63, 3.8) is 0 Å². The predicted octanol–water partition coefficient (Wildman–Crippen LogP) is 7.12. The van der Waals surface area contributed by atoms with Crippen molar-refractivity contribution in [3.05, 3.63) is 77.6 Å². The van der Waals surface area contributed by atoms with Crippen LogP contribution in [0.4, 0.5) is 11.4 Å². The maximum atomic E-state index is 12.4. The van der Waals surface area contributed by atoms with Gasteiger partial charge < -0.3 is 21.7 Å². The number of nitrogen functional groups attached to an aromatic ring is 1. The zero-order valence-corrected chi connectivity index (χ0v) is 25.1. The summed E-state index contributed by atoms with van der Waals surface area (Å²) < 4.78 is 0. The third-order valence-electron chi connectivity index (χ3n) is 6.00. The minimum Gasteiger partial charge on any atom is -0.399 e. The van der Waals surface area contributed by atoms with E-state index in [-0.39, 0.29) is 5.91 Å². The summed E-state index contributed by atoms with van der Waals surface area (Å²) >= 11 is 0. The molecule has 0 atom stereocenters. The molecule has 0 unspecified atom stereocenters. The number of aromatic nitrogens is 1. The van der Waals surface area contributed by atoms with Crippen molar-refractivity contribution >= 4 is 23.7 Å². The fraction of sp³-hybridized carbons (Fsp3) is 0.424. The molecule has 4 rings (SSSR count). The fourth-order valence-corrected chi connectivity index (χ4v) is 4.04. The van der Waals surface area contributed by atoms with E-state index in [9.17, 15) is 9.59 Å². The highest BCUT2D eigenvalue weighted by atomic mass is 16.1. The minimum absolute atomic E-state index is 0.118. The molecule has 1 fully saturated rings. The Morgan fingerprint density at radius 3 is 1.82 bits per heavy atom. The van der Waals surface area contributed by atoms with E-state index in [2.05, 4.69) is 20.9 Å². The lowest BCUT2D eigenvalue weighted by atomic mass is 10.0. The molecule has 0 radical (unpaired) electrons. The molecule has 0 spiro atoms. The zero-order chi connectivity index (χ0) is 29.6. The normalized spacial score (nSPS) is 11.6. The lowest BCUT2D eigenvalue weighted by molar-refractivity contribution is -0.109. The van der Waals surface area contributed by atoms with Crippen molar-refractivity contribution in [2.75, 3.05) is 24.1 Å². The Kier molecular flexibility index (Phi) is 17.9. The first-order valence-electron chi connectivity index (χ1n) is 14.6. The second kappa shape index (κ2) is 21.0. The van der Waals surface area contributed by atoms with Crippen molar-refractivity contribution in [2.24, 2.45) is 0 Å². The van der Waals surface area contributed by atoms with Gasteiger partial charge in [0.05, 0.1) is 12.2 Å². The van der Waals surface area contributed by atoms with Gasteiger partial charge in [-0.15, -0.1) is 0 Å². The molecule has 1 aromatic heterocycles. The van der Waals surface area contributed by atoms with E-state index in [0.717, 1.165) is 47.0 Å². The standard InChI is InChI=1S/C22H24N4O.C6H12.C3H7NO.C2H6/c1-3-24-20-12-15(2)26-21(13-20)14-25-22(27)18-6-4-16(5-7-18)17-8-10-19(23)11-9-17;1-2-4-6-5-3-1;1-2-4-3-5;1-2/h4-13H,3,14,23H2,1-2H3,(H,24,26)(H,25,27);1-6H2;3H,2H2,1H3,(H,4,5);1-2H3. The van der Waals surface area contributed by atoms with Crippen LogP contribution in [0.5, 0.6) is 0 Å². The summed E-state index contributed by atoms with van der Waals surface area (Å²) in [5, 5.41) is 8.64. The van der Waals surface area contributed by atoms with Crippen LogP contribution in [-0.4, -0.2) is 30.4 Å². The maximum absolute atomic E-state index is 12.4. The number of nitrogens with two attached hydrogens (primary N) is 1. The van der Waals surface area contributed by atoms with Crippen molar-refractivity contribution < 1.29 is 9.59 Å². The lowest BCUT2D eigenvalue weighted by Gasteiger charge is -2.10. The topological polar surface area (TPSA) is 109 Å². The third-order valence-corrected chi connectivity index (χ3v) is 6.00. The molecule has 1 aliphatic carbocycles. The quantitative estimate of drug-likeness (QED) is 0.177. The number of nitrogens with zero attached hydrogens (tertiary/aromatic N) is 1. The molecule has 3 aromatic rings. The van der Waals surface area contributed by atoms with Crippen LogP contribution in [0.25, 0.3) is 11.1 Å². The minimum atomic E-state index is -0.118. The molecule has 40 heavy (non-hydrogen) atoms. The number of benzene rings is 2. The number of aryl methyl sites for hydroxylation is 1. The van der Waals surface area contributed by atoms with Crippen LogP contribution in [0.3, 0.4) is 0 Å². The molecule has 0 saturated heterocycles. The molecule has 218 valence electrons. The van der Waals surface area contributed by atoms with E-state index in [1.165, 1.54) is 38.5 Å². The van der Waals surface area contributed by atoms with Crippen molar-refractivity contribution in [1.82, 2.24) is 15.6 Å². The van der Waals surface area contributed by atoms with E-state index in [0.29, 0.717) is 18.5 Å². The number of hydrogen-bond donors (Lipinski definition) is 4. The summed E-state index contributed by atoms with van der Waals surface area (Å²) in [7, 11) is 0. The second-order valence-corrected chi connectivity index (χ2v) is 9.20. The van der Waals surface area contributed by atoms with Gasteiger partial charge in [-0.3, -0.25) is 14.6 Å². The Balaban J connectivity index is 0.000000510. The van der Waals surface area contributed by atoms with Gasteiger partial charge in [0.15, 0.2) is 0 Å². The SMILES string of the molecule is C1CCCCC1.CC.CCNC=O.CCNc1cc(C)nc(CNC(=O)c2ccc(-c3ccc(N)cc3)cc2)c1. The molecular formula is C33H49N5O2. The summed E-state index contributed by atoms with van der Waals surface area (Å²) in [6, 6.07) is 19.2. The second-order valence-electron chi connectivity index (χ2n) is 9.20. The lowest BCUT2D eigenvalue weighted by Crippen LogP contribution is -2.23. The van der Waals surface area contributed by atoms with Crippen molar-refractivity contribution in [1.29, 1.82) is 0 Å². The molecule has 2 aromatic carbocycles. The molecule has 0 aliphatic heterocycles.